The molecule has 1 N–H and O–H groups in total. The van der Waals surface area contributed by atoms with Crippen molar-refractivity contribution in [2.24, 2.45) is 0 Å². The second kappa shape index (κ2) is 5.70. The second-order valence-electron chi connectivity index (χ2n) is 4.05. The molecule has 0 aromatic heterocycles. The lowest BCUT2D eigenvalue weighted by Crippen LogP contribution is -2.39. The number of nitrogens with zero attached hydrogens (tertiary/aromatic N) is 1. The van der Waals surface area contributed by atoms with Crippen LogP contribution in [0.3, 0.4) is 0 Å². The third kappa shape index (κ3) is 4.84. The van der Waals surface area contributed by atoms with E-state index in [1.165, 1.54) is 0 Å². The van der Waals surface area contributed by atoms with E-state index in [9.17, 15) is 13.2 Å². The lowest BCUT2D eigenvalue weighted by atomic mass is 10.1. The number of nitrogens with one attached hydrogen (secondary N) is 1. The maximum Gasteiger partial charge on any atom is 0.390 e. The van der Waals surface area contributed by atoms with E-state index in [4.69, 9.17) is 0 Å². The highest BCUT2D eigenvalue weighted by Crippen LogP contribution is 2.26. The quantitative estimate of drug-likeness (QED) is 0.789. The summed E-state index contributed by atoms with van der Waals surface area (Å²) in [5.41, 5.74) is 0. The van der Waals surface area contributed by atoms with Gasteiger partial charge in [-0.15, -0.1) is 0 Å². The first-order valence-electron chi connectivity index (χ1n) is 5.54. The Hall–Kier alpha value is -0.290. The van der Waals surface area contributed by atoms with Gasteiger partial charge in [0.2, 0.25) is 0 Å². The molecule has 1 aliphatic heterocycles. The van der Waals surface area contributed by atoms with Crippen molar-refractivity contribution in [3.63, 3.8) is 0 Å². The highest BCUT2D eigenvalue weighted by molar-refractivity contribution is 4.79. The molecule has 5 heteroatoms. The number of alkyl halides is 3. The van der Waals surface area contributed by atoms with Crippen molar-refractivity contribution in [3.05, 3.63) is 0 Å². The summed E-state index contributed by atoms with van der Waals surface area (Å²) in [6.45, 7) is 5.00. The molecule has 1 aliphatic rings. The van der Waals surface area contributed by atoms with Crippen LogP contribution in [0.2, 0.25) is 0 Å². The van der Waals surface area contributed by atoms with Gasteiger partial charge in [-0.2, -0.15) is 13.2 Å². The van der Waals surface area contributed by atoms with Crippen molar-refractivity contribution in [1.29, 1.82) is 0 Å². The first-order valence-corrected chi connectivity index (χ1v) is 5.54. The highest BCUT2D eigenvalue weighted by Gasteiger charge is 2.34. The van der Waals surface area contributed by atoms with Gasteiger partial charge in [0.05, 0.1) is 6.42 Å². The van der Waals surface area contributed by atoms with E-state index >= 15 is 0 Å². The molecule has 15 heavy (non-hydrogen) atoms. The monoisotopic (exact) mass is 224 g/mol. The Morgan fingerprint density at radius 2 is 2.07 bits per heavy atom. The normalized spacial score (nSPS) is 25.2. The molecule has 0 spiro atoms. The van der Waals surface area contributed by atoms with E-state index in [-0.39, 0.29) is 6.04 Å². The molecule has 1 saturated heterocycles. The van der Waals surface area contributed by atoms with Crippen molar-refractivity contribution in [2.45, 2.75) is 38.4 Å². The maximum absolute atomic E-state index is 12.3. The summed E-state index contributed by atoms with van der Waals surface area (Å²) < 4.78 is 37.0. The van der Waals surface area contributed by atoms with Crippen LogP contribution in [-0.2, 0) is 0 Å². The molecule has 0 aliphatic carbocycles. The Kier molecular flexibility index (Phi) is 4.86. The summed E-state index contributed by atoms with van der Waals surface area (Å²) in [6, 6.07) is -0.333. The lowest BCUT2D eigenvalue weighted by molar-refractivity contribution is -0.147. The lowest BCUT2D eigenvalue weighted by Gasteiger charge is -2.29. The smallest absolute Gasteiger partial charge is 0.315 e. The molecular formula is C10H19F3N2. The van der Waals surface area contributed by atoms with Crippen molar-refractivity contribution < 1.29 is 13.2 Å². The molecule has 0 aromatic carbocycles. The van der Waals surface area contributed by atoms with Crippen LogP contribution < -0.4 is 5.32 Å². The summed E-state index contributed by atoms with van der Waals surface area (Å²) in [4.78, 5) is 1.97. The first-order chi connectivity index (χ1) is 7.03. The highest BCUT2D eigenvalue weighted by atomic mass is 19.4. The topological polar surface area (TPSA) is 15.3 Å². The van der Waals surface area contributed by atoms with Gasteiger partial charge in [0.15, 0.2) is 0 Å². The van der Waals surface area contributed by atoms with Crippen LogP contribution in [0.15, 0.2) is 0 Å². The van der Waals surface area contributed by atoms with Gasteiger partial charge in [-0.05, 0) is 25.9 Å². The van der Waals surface area contributed by atoms with Gasteiger partial charge in [-0.3, -0.25) is 4.90 Å². The zero-order valence-corrected chi connectivity index (χ0v) is 9.11. The van der Waals surface area contributed by atoms with Crippen molar-refractivity contribution in [3.8, 4) is 0 Å². The van der Waals surface area contributed by atoms with Crippen molar-refractivity contribution in [1.82, 2.24) is 10.2 Å². The molecule has 90 valence electrons. The maximum atomic E-state index is 12.3. The van der Waals surface area contributed by atoms with Gasteiger partial charge in [0.25, 0.3) is 0 Å². The summed E-state index contributed by atoms with van der Waals surface area (Å²) >= 11 is 0. The Labute approximate surface area is 88.8 Å². The summed E-state index contributed by atoms with van der Waals surface area (Å²) in [6.07, 6.45) is -3.20. The molecule has 0 aromatic rings. The minimum absolute atomic E-state index is 0.333. The Morgan fingerprint density at radius 3 is 2.67 bits per heavy atom. The molecule has 1 heterocycles. The molecular weight excluding hydrogens is 205 g/mol. The second-order valence-corrected chi connectivity index (χ2v) is 4.05. The van der Waals surface area contributed by atoms with E-state index in [2.05, 4.69) is 5.32 Å². The van der Waals surface area contributed by atoms with Crippen LogP contribution in [0.25, 0.3) is 0 Å². The molecule has 1 atom stereocenters. The Balaban J connectivity index is 2.53. The third-order valence-corrected chi connectivity index (χ3v) is 2.72. The largest absolute Gasteiger partial charge is 0.390 e. The molecule has 0 amide bonds. The van der Waals surface area contributed by atoms with Crippen LogP contribution in [0, 0.1) is 0 Å². The zero-order chi connectivity index (χ0) is 11.3. The first kappa shape index (κ1) is 12.8. The molecule has 0 bridgehead atoms. The fourth-order valence-electron chi connectivity index (χ4n) is 2.06. The average molecular weight is 224 g/mol. The van der Waals surface area contributed by atoms with Gasteiger partial charge in [0.1, 0.15) is 0 Å². The van der Waals surface area contributed by atoms with Gasteiger partial charge < -0.3 is 5.32 Å². The Bertz CT molecular complexity index is 182. The van der Waals surface area contributed by atoms with E-state index < -0.39 is 12.6 Å². The molecule has 0 saturated carbocycles. The van der Waals surface area contributed by atoms with Gasteiger partial charge in [0, 0.05) is 19.1 Å². The third-order valence-electron chi connectivity index (χ3n) is 2.72. The minimum Gasteiger partial charge on any atom is -0.315 e. The molecule has 0 unspecified atom stereocenters. The van der Waals surface area contributed by atoms with Gasteiger partial charge in [-0.25, -0.2) is 0 Å². The average Bonchev–Trinajstić information content (AvgIpc) is 2.30. The van der Waals surface area contributed by atoms with Crippen LogP contribution >= 0.6 is 0 Å². The van der Waals surface area contributed by atoms with Gasteiger partial charge in [-0.1, -0.05) is 6.92 Å². The standard InChI is InChI=1S/C10H19F3N2/c1-2-6-15-7-5-14-4-3-9(15)8-10(11,12)13/h9,14H,2-8H2,1H3/t9-/m1/s1. The van der Waals surface area contributed by atoms with Crippen molar-refractivity contribution >= 4 is 0 Å². The minimum atomic E-state index is -4.04. The summed E-state index contributed by atoms with van der Waals surface area (Å²) in [5, 5.41) is 3.14. The number of hydrogen-bond acceptors (Lipinski definition) is 2. The van der Waals surface area contributed by atoms with Crippen molar-refractivity contribution in [2.75, 3.05) is 26.2 Å². The predicted molar refractivity (Wildman–Crippen MR) is 53.8 cm³/mol. The predicted octanol–water partition coefficient (Wildman–Crippen LogP) is 2.01. The number of hydrogen-bond donors (Lipinski definition) is 1. The van der Waals surface area contributed by atoms with Gasteiger partial charge >= 0.3 is 6.18 Å². The molecule has 0 radical (unpaired) electrons. The Morgan fingerprint density at radius 1 is 1.33 bits per heavy atom. The van der Waals surface area contributed by atoms with E-state index in [1.54, 1.807) is 0 Å². The van der Waals surface area contributed by atoms with Crippen LogP contribution in [0.1, 0.15) is 26.2 Å². The van der Waals surface area contributed by atoms with E-state index in [1.807, 2.05) is 11.8 Å². The summed E-state index contributed by atoms with van der Waals surface area (Å²) in [5.74, 6) is 0. The van der Waals surface area contributed by atoms with Crippen LogP contribution in [0.5, 0.6) is 0 Å². The SMILES string of the molecule is CCCN1CCNCC[C@@H]1CC(F)(F)F. The van der Waals surface area contributed by atoms with Crippen LogP contribution in [-0.4, -0.2) is 43.3 Å². The fourth-order valence-corrected chi connectivity index (χ4v) is 2.06. The number of halogens is 3. The molecule has 1 fully saturated rings. The van der Waals surface area contributed by atoms with E-state index in [0.717, 1.165) is 26.1 Å². The summed E-state index contributed by atoms with van der Waals surface area (Å²) in [7, 11) is 0. The zero-order valence-electron chi connectivity index (χ0n) is 9.11. The molecule has 2 nitrogen and oxygen atoms in total. The van der Waals surface area contributed by atoms with E-state index in [0.29, 0.717) is 13.0 Å². The van der Waals surface area contributed by atoms with Crippen LogP contribution in [0.4, 0.5) is 13.2 Å². The number of rotatable bonds is 3. The fraction of sp³-hybridized carbons (Fsp3) is 1.00. The molecule has 1 rings (SSSR count).